The Morgan fingerprint density at radius 1 is 1.35 bits per heavy atom. The third kappa shape index (κ3) is 4.76. The largest absolute Gasteiger partial charge is 0.370 e. The van der Waals surface area contributed by atoms with E-state index >= 15 is 0 Å². The number of anilines is 1. The fourth-order valence-electron chi connectivity index (χ4n) is 2.66. The third-order valence-corrected chi connectivity index (χ3v) is 3.87. The summed E-state index contributed by atoms with van der Waals surface area (Å²) in [5.74, 6) is 1.04. The highest BCUT2D eigenvalue weighted by Gasteiger charge is 2.12. The summed E-state index contributed by atoms with van der Waals surface area (Å²) in [6.07, 6.45) is 5.74. The maximum absolute atomic E-state index is 4.46. The zero-order valence-electron chi connectivity index (χ0n) is 12.9. The standard InChI is InChI=1S/C16H28N4/c1-3-8-17-16-15(7-6-9-18-16)14-19(2)12-13-20-10-4-5-11-20/h6-7,9H,3-5,8,10-14H2,1-2H3,(H,17,18). The summed E-state index contributed by atoms with van der Waals surface area (Å²) in [5.41, 5.74) is 1.30. The van der Waals surface area contributed by atoms with Crippen LogP contribution >= 0.6 is 0 Å². The van der Waals surface area contributed by atoms with Crippen molar-refractivity contribution in [1.82, 2.24) is 14.8 Å². The van der Waals surface area contributed by atoms with E-state index in [9.17, 15) is 0 Å². The van der Waals surface area contributed by atoms with Gasteiger partial charge in [-0.3, -0.25) is 0 Å². The van der Waals surface area contributed by atoms with Gasteiger partial charge in [-0.25, -0.2) is 4.98 Å². The maximum Gasteiger partial charge on any atom is 0.130 e. The second-order valence-electron chi connectivity index (χ2n) is 5.72. The number of hydrogen-bond donors (Lipinski definition) is 1. The maximum atomic E-state index is 4.46. The SMILES string of the molecule is CCCNc1ncccc1CN(C)CCN1CCCC1. The first-order chi connectivity index (χ1) is 9.79. The molecule has 0 saturated carbocycles. The number of aromatic nitrogens is 1. The number of hydrogen-bond acceptors (Lipinski definition) is 4. The number of rotatable bonds is 8. The monoisotopic (exact) mass is 276 g/mol. The van der Waals surface area contributed by atoms with Crippen LogP contribution in [0.5, 0.6) is 0 Å². The summed E-state index contributed by atoms with van der Waals surface area (Å²) in [7, 11) is 2.20. The summed E-state index contributed by atoms with van der Waals surface area (Å²) >= 11 is 0. The van der Waals surface area contributed by atoms with E-state index in [1.165, 1.54) is 38.0 Å². The molecule has 0 aliphatic carbocycles. The topological polar surface area (TPSA) is 31.4 Å². The molecule has 0 atom stereocenters. The van der Waals surface area contributed by atoms with Crippen LogP contribution < -0.4 is 5.32 Å². The van der Waals surface area contributed by atoms with Crippen LogP contribution in [0.4, 0.5) is 5.82 Å². The average molecular weight is 276 g/mol. The molecule has 1 aromatic heterocycles. The van der Waals surface area contributed by atoms with Gasteiger partial charge in [-0.15, -0.1) is 0 Å². The van der Waals surface area contributed by atoms with E-state index in [0.717, 1.165) is 31.9 Å². The Balaban J connectivity index is 1.81. The minimum atomic E-state index is 0.966. The van der Waals surface area contributed by atoms with Gasteiger partial charge >= 0.3 is 0 Å². The summed E-state index contributed by atoms with van der Waals surface area (Å²) in [5, 5.41) is 3.42. The highest BCUT2D eigenvalue weighted by atomic mass is 15.2. The molecule has 2 rings (SSSR count). The quantitative estimate of drug-likeness (QED) is 0.790. The predicted octanol–water partition coefficient (Wildman–Crippen LogP) is 2.43. The first-order valence-corrected chi connectivity index (χ1v) is 7.88. The lowest BCUT2D eigenvalue weighted by atomic mass is 10.2. The third-order valence-electron chi connectivity index (χ3n) is 3.87. The Kier molecular flexibility index (Phi) is 6.27. The molecule has 1 fully saturated rings. The van der Waals surface area contributed by atoms with E-state index in [1.54, 1.807) is 0 Å². The van der Waals surface area contributed by atoms with Gasteiger partial charge in [0.25, 0.3) is 0 Å². The van der Waals surface area contributed by atoms with Crippen LogP contribution in [0, 0.1) is 0 Å². The smallest absolute Gasteiger partial charge is 0.130 e. The van der Waals surface area contributed by atoms with Gasteiger partial charge in [-0.1, -0.05) is 13.0 Å². The molecular weight excluding hydrogens is 248 g/mol. The molecule has 112 valence electrons. The molecule has 1 aliphatic rings. The first kappa shape index (κ1) is 15.3. The molecule has 4 heteroatoms. The second-order valence-corrected chi connectivity index (χ2v) is 5.72. The second kappa shape index (κ2) is 8.22. The molecule has 0 spiro atoms. The number of likely N-dealkylation sites (N-methyl/N-ethyl adjacent to an activating group) is 1. The van der Waals surface area contributed by atoms with E-state index in [1.807, 2.05) is 12.3 Å². The molecule has 0 aromatic carbocycles. The van der Waals surface area contributed by atoms with Crippen LogP contribution in [-0.4, -0.2) is 54.6 Å². The van der Waals surface area contributed by atoms with Gasteiger partial charge < -0.3 is 15.1 Å². The summed E-state index contributed by atoms with van der Waals surface area (Å²) in [6, 6.07) is 4.21. The average Bonchev–Trinajstić information content (AvgIpc) is 2.97. The molecule has 1 saturated heterocycles. The van der Waals surface area contributed by atoms with E-state index in [0.29, 0.717) is 0 Å². The number of likely N-dealkylation sites (tertiary alicyclic amines) is 1. The van der Waals surface area contributed by atoms with Crippen LogP contribution in [0.25, 0.3) is 0 Å². The van der Waals surface area contributed by atoms with E-state index in [-0.39, 0.29) is 0 Å². The summed E-state index contributed by atoms with van der Waals surface area (Å²) in [6.45, 7) is 9.01. The lowest BCUT2D eigenvalue weighted by molar-refractivity contribution is 0.252. The van der Waals surface area contributed by atoms with E-state index < -0.39 is 0 Å². The van der Waals surface area contributed by atoms with Crippen LogP contribution in [0.3, 0.4) is 0 Å². The molecule has 0 amide bonds. The molecule has 2 heterocycles. The first-order valence-electron chi connectivity index (χ1n) is 7.88. The van der Waals surface area contributed by atoms with Crippen LogP contribution in [-0.2, 0) is 6.54 Å². The Bertz CT molecular complexity index is 388. The molecule has 1 N–H and O–H groups in total. The number of pyridine rings is 1. The molecule has 20 heavy (non-hydrogen) atoms. The van der Waals surface area contributed by atoms with Crippen molar-refractivity contribution in [1.29, 1.82) is 0 Å². The van der Waals surface area contributed by atoms with Gasteiger partial charge in [-0.05, 0) is 45.5 Å². The van der Waals surface area contributed by atoms with Crippen molar-refractivity contribution in [3.05, 3.63) is 23.9 Å². The normalized spacial score (nSPS) is 15.9. The highest BCUT2D eigenvalue weighted by Crippen LogP contribution is 2.14. The molecule has 0 radical (unpaired) electrons. The molecule has 1 aliphatic heterocycles. The zero-order valence-corrected chi connectivity index (χ0v) is 12.9. The van der Waals surface area contributed by atoms with Crippen LogP contribution in [0.15, 0.2) is 18.3 Å². The zero-order chi connectivity index (χ0) is 14.2. The molecule has 1 aromatic rings. The molecule has 4 nitrogen and oxygen atoms in total. The molecular formula is C16H28N4. The Morgan fingerprint density at radius 2 is 2.15 bits per heavy atom. The minimum absolute atomic E-state index is 0.966. The fourth-order valence-corrected chi connectivity index (χ4v) is 2.66. The van der Waals surface area contributed by atoms with Gasteiger partial charge in [0, 0.05) is 37.9 Å². The summed E-state index contributed by atoms with van der Waals surface area (Å²) < 4.78 is 0. The van der Waals surface area contributed by atoms with Crippen LogP contribution in [0.2, 0.25) is 0 Å². The lowest BCUT2D eigenvalue weighted by Gasteiger charge is -2.22. The van der Waals surface area contributed by atoms with Gasteiger partial charge in [0.1, 0.15) is 5.82 Å². The summed E-state index contributed by atoms with van der Waals surface area (Å²) in [4.78, 5) is 9.42. The van der Waals surface area contributed by atoms with Crippen molar-refractivity contribution in [3.8, 4) is 0 Å². The van der Waals surface area contributed by atoms with Gasteiger partial charge in [-0.2, -0.15) is 0 Å². The Hall–Kier alpha value is -1.13. The van der Waals surface area contributed by atoms with Gasteiger partial charge in [0.2, 0.25) is 0 Å². The van der Waals surface area contributed by atoms with Gasteiger partial charge in [0.15, 0.2) is 0 Å². The number of nitrogens with zero attached hydrogens (tertiary/aromatic N) is 3. The Labute approximate surface area is 123 Å². The van der Waals surface area contributed by atoms with Crippen molar-refractivity contribution in [2.45, 2.75) is 32.7 Å². The number of nitrogens with one attached hydrogen (secondary N) is 1. The van der Waals surface area contributed by atoms with Crippen molar-refractivity contribution in [2.24, 2.45) is 0 Å². The fraction of sp³-hybridized carbons (Fsp3) is 0.688. The highest BCUT2D eigenvalue weighted by molar-refractivity contribution is 5.43. The lowest BCUT2D eigenvalue weighted by Crippen LogP contribution is -2.31. The predicted molar refractivity (Wildman–Crippen MR) is 85.0 cm³/mol. The van der Waals surface area contributed by atoms with Crippen molar-refractivity contribution in [2.75, 3.05) is 45.1 Å². The van der Waals surface area contributed by atoms with Crippen LogP contribution in [0.1, 0.15) is 31.7 Å². The Morgan fingerprint density at radius 3 is 2.90 bits per heavy atom. The van der Waals surface area contributed by atoms with E-state index in [2.05, 4.69) is 40.1 Å². The van der Waals surface area contributed by atoms with E-state index in [4.69, 9.17) is 0 Å². The van der Waals surface area contributed by atoms with Crippen molar-refractivity contribution >= 4 is 5.82 Å². The van der Waals surface area contributed by atoms with Crippen molar-refractivity contribution < 1.29 is 0 Å². The molecule has 0 unspecified atom stereocenters. The van der Waals surface area contributed by atoms with Gasteiger partial charge in [0.05, 0.1) is 0 Å². The molecule has 0 bridgehead atoms. The minimum Gasteiger partial charge on any atom is -0.370 e. The van der Waals surface area contributed by atoms with Crippen molar-refractivity contribution in [3.63, 3.8) is 0 Å².